The molecule has 5 heteroatoms. The van der Waals surface area contributed by atoms with Crippen molar-refractivity contribution in [2.75, 3.05) is 0 Å². The molecule has 3 nitrogen and oxygen atoms in total. The van der Waals surface area contributed by atoms with Crippen LogP contribution >= 0.6 is 12.4 Å². The van der Waals surface area contributed by atoms with E-state index in [1.165, 1.54) is 12.1 Å². The zero-order chi connectivity index (χ0) is 11.0. The van der Waals surface area contributed by atoms with E-state index in [0.717, 1.165) is 5.56 Å². The minimum Gasteiger partial charge on any atom is -0.282 e. The highest BCUT2D eigenvalue weighted by Gasteiger charge is 2.15. The minimum atomic E-state index is -4.07. The summed E-state index contributed by atoms with van der Waals surface area (Å²) >= 11 is 0. The molecule has 0 bridgehead atoms. The molecule has 0 radical (unpaired) electrons. The third-order valence-electron chi connectivity index (χ3n) is 2.02. The normalized spacial score (nSPS) is 12.0. The van der Waals surface area contributed by atoms with Gasteiger partial charge in [-0.25, -0.2) is 0 Å². The van der Waals surface area contributed by atoms with Gasteiger partial charge in [-0.05, 0) is 23.1 Å². The van der Waals surface area contributed by atoms with Gasteiger partial charge in [0.2, 0.25) is 0 Å². The summed E-state index contributed by atoms with van der Waals surface area (Å²) in [6.07, 6.45) is 0. The Labute approximate surface area is 96.7 Å². The van der Waals surface area contributed by atoms with Crippen LogP contribution in [0.25, 0.3) is 0 Å². The van der Waals surface area contributed by atoms with Gasteiger partial charge in [0.05, 0.1) is 4.90 Å². The minimum absolute atomic E-state index is 0. The van der Waals surface area contributed by atoms with Crippen LogP contribution in [0.15, 0.2) is 29.2 Å². The highest BCUT2D eigenvalue weighted by Crippen LogP contribution is 2.23. The van der Waals surface area contributed by atoms with Crippen LogP contribution in [0.2, 0.25) is 0 Å². The fraction of sp³-hybridized carbons (Fsp3) is 0.400. The lowest BCUT2D eigenvalue weighted by molar-refractivity contribution is 0.483. The molecular formula is C10H15ClO3S. The fourth-order valence-corrected chi connectivity index (χ4v) is 1.61. The second kappa shape index (κ2) is 4.51. The zero-order valence-corrected chi connectivity index (χ0v) is 10.5. The van der Waals surface area contributed by atoms with Crippen LogP contribution < -0.4 is 0 Å². The van der Waals surface area contributed by atoms with Gasteiger partial charge in [-0.2, -0.15) is 8.42 Å². The molecule has 0 heterocycles. The van der Waals surface area contributed by atoms with E-state index in [2.05, 4.69) is 0 Å². The summed E-state index contributed by atoms with van der Waals surface area (Å²) in [6, 6.07) is 6.25. The van der Waals surface area contributed by atoms with Gasteiger partial charge < -0.3 is 0 Å². The van der Waals surface area contributed by atoms with Gasteiger partial charge in [0, 0.05) is 0 Å². The van der Waals surface area contributed by atoms with Gasteiger partial charge in [0.1, 0.15) is 0 Å². The van der Waals surface area contributed by atoms with Crippen LogP contribution in [0, 0.1) is 0 Å². The van der Waals surface area contributed by atoms with Crippen molar-refractivity contribution in [3.05, 3.63) is 29.8 Å². The van der Waals surface area contributed by atoms with E-state index in [-0.39, 0.29) is 22.7 Å². The molecule has 1 N–H and O–H groups in total. The van der Waals surface area contributed by atoms with Crippen LogP contribution in [0.3, 0.4) is 0 Å². The van der Waals surface area contributed by atoms with Gasteiger partial charge in [-0.1, -0.05) is 32.9 Å². The van der Waals surface area contributed by atoms with Gasteiger partial charge in [-0.3, -0.25) is 4.55 Å². The quantitative estimate of drug-likeness (QED) is 0.780. The Bertz CT molecular complexity index is 415. The highest BCUT2D eigenvalue weighted by molar-refractivity contribution is 7.85. The maximum absolute atomic E-state index is 10.7. The first kappa shape index (κ1) is 14.4. The summed E-state index contributed by atoms with van der Waals surface area (Å²) in [7, 11) is -4.07. The third-order valence-corrected chi connectivity index (χ3v) is 2.89. The molecule has 1 aromatic carbocycles. The Morgan fingerprint density at radius 3 is 1.73 bits per heavy atom. The van der Waals surface area contributed by atoms with Crippen LogP contribution in [-0.2, 0) is 15.5 Å². The van der Waals surface area contributed by atoms with Crippen molar-refractivity contribution in [1.82, 2.24) is 0 Å². The van der Waals surface area contributed by atoms with E-state index in [9.17, 15) is 8.42 Å². The molecule has 0 saturated heterocycles. The summed E-state index contributed by atoms with van der Waals surface area (Å²) in [5, 5.41) is 0. The Hall–Kier alpha value is -0.580. The van der Waals surface area contributed by atoms with Crippen LogP contribution in [0.1, 0.15) is 26.3 Å². The van der Waals surface area contributed by atoms with Crippen molar-refractivity contribution in [3.8, 4) is 0 Å². The van der Waals surface area contributed by atoms with Gasteiger partial charge in [0.15, 0.2) is 0 Å². The van der Waals surface area contributed by atoms with E-state index in [1.807, 2.05) is 20.8 Å². The van der Waals surface area contributed by atoms with Gasteiger partial charge >= 0.3 is 0 Å². The summed E-state index contributed by atoms with van der Waals surface area (Å²) in [5.41, 5.74) is 1.02. The molecule has 0 aliphatic rings. The summed E-state index contributed by atoms with van der Waals surface area (Å²) < 4.78 is 30.3. The first-order chi connectivity index (χ1) is 6.21. The van der Waals surface area contributed by atoms with Crippen LogP contribution in [0.5, 0.6) is 0 Å². The maximum Gasteiger partial charge on any atom is 0.294 e. The predicted octanol–water partition coefficient (Wildman–Crippen LogP) is 2.65. The summed E-state index contributed by atoms with van der Waals surface area (Å²) in [6.45, 7) is 6.11. The lowest BCUT2D eigenvalue weighted by Gasteiger charge is -2.18. The Kier molecular flexibility index (Phi) is 4.34. The second-order valence-electron chi connectivity index (χ2n) is 4.25. The molecule has 0 atom stereocenters. The molecular weight excluding hydrogens is 236 g/mol. The molecule has 0 aliphatic carbocycles. The number of hydrogen-bond donors (Lipinski definition) is 1. The fourth-order valence-electron chi connectivity index (χ4n) is 1.13. The van der Waals surface area contributed by atoms with E-state index in [0.29, 0.717) is 0 Å². The molecule has 0 aliphatic heterocycles. The first-order valence-corrected chi connectivity index (χ1v) is 5.73. The Morgan fingerprint density at radius 1 is 1.07 bits per heavy atom. The van der Waals surface area contributed by atoms with Crippen molar-refractivity contribution in [3.63, 3.8) is 0 Å². The molecule has 1 aromatic rings. The van der Waals surface area contributed by atoms with Crippen LogP contribution in [0.4, 0.5) is 0 Å². The number of halogens is 1. The van der Waals surface area contributed by atoms with E-state index in [1.54, 1.807) is 12.1 Å². The lowest BCUT2D eigenvalue weighted by atomic mass is 9.87. The molecule has 0 fully saturated rings. The van der Waals surface area contributed by atoms with Gasteiger partial charge in [-0.15, -0.1) is 12.4 Å². The molecule has 0 aromatic heterocycles. The smallest absolute Gasteiger partial charge is 0.282 e. The molecule has 0 amide bonds. The van der Waals surface area contributed by atoms with Crippen molar-refractivity contribution in [1.29, 1.82) is 0 Å². The topological polar surface area (TPSA) is 54.4 Å². The third kappa shape index (κ3) is 3.81. The van der Waals surface area contributed by atoms with Crippen molar-refractivity contribution in [2.24, 2.45) is 0 Å². The molecule has 0 saturated carbocycles. The standard InChI is InChI=1S/C10H14O3S.ClH/c1-10(2,3)8-4-6-9(7-5-8)14(11,12)13;/h4-7H,1-3H3,(H,11,12,13);1H. The highest BCUT2D eigenvalue weighted by atomic mass is 35.5. The Morgan fingerprint density at radius 2 is 1.47 bits per heavy atom. The summed E-state index contributed by atoms with van der Waals surface area (Å²) in [4.78, 5) is -0.0644. The van der Waals surface area contributed by atoms with E-state index >= 15 is 0 Å². The monoisotopic (exact) mass is 250 g/mol. The first-order valence-electron chi connectivity index (χ1n) is 4.29. The molecule has 1 rings (SSSR count). The van der Waals surface area contributed by atoms with Crippen molar-refractivity contribution in [2.45, 2.75) is 31.1 Å². The van der Waals surface area contributed by atoms with E-state index < -0.39 is 10.1 Å². The van der Waals surface area contributed by atoms with Crippen LogP contribution in [-0.4, -0.2) is 13.0 Å². The zero-order valence-electron chi connectivity index (χ0n) is 8.89. The predicted molar refractivity (Wildman–Crippen MR) is 62.2 cm³/mol. The van der Waals surface area contributed by atoms with Gasteiger partial charge in [0.25, 0.3) is 10.1 Å². The van der Waals surface area contributed by atoms with Crippen molar-refractivity contribution >= 4 is 22.5 Å². The second-order valence-corrected chi connectivity index (χ2v) is 5.67. The average molecular weight is 251 g/mol. The lowest BCUT2D eigenvalue weighted by Crippen LogP contribution is -2.11. The molecule has 15 heavy (non-hydrogen) atoms. The number of benzene rings is 1. The largest absolute Gasteiger partial charge is 0.294 e. The molecule has 86 valence electrons. The molecule has 0 unspecified atom stereocenters. The number of rotatable bonds is 1. The molecule has 0 spiro atoms. The summed E-state index contributed by atoms with van der Waals surface area (Å²) in [5.74, 6) is 0. The maximum atomic E-state index is 10.7. The SMILES string of the molecule is CC(C)(C)c1ccc(S(=O)(=O)O)cc1.Cl. The van der Waals surface area contributed by atoms with Crippen molar-refractivity contribution < 1.29 is 13.0 Å². The average Bonchev–Trinajstić information content (AvgIpc) is 2.01. The Balaban J connectivity index is 0.00000196. The number of hydrogen-bond acceptors (Lipinski definition) is 2. The van der Waals surface area contributed by atoms with E-state index in [4.69, 9.17) is 4.55 Å².